The summed E-state index contributed by atoms with van der Waals surface area (Å²) in [6.07, 6.45) is 10.1. The lowest BCUT2D eigenvalue weighted by molar-refractivity contribution is 1.03. The molecule has 0 N–H and O–H groups in total. The van der Waals surface area contributed by atoms with Crippen LogP contribution in [0.2, 0.25) is 0 Å². The normalized spacial score (nSPS) is 15.5. The monoisotopic (exact) mass is 263 g/mol. The van der Waals surface area contributed by atoms with Gasteiger partial charge in [0.25, 0.3) is 0 Å². The van der Waals surface area contributed by atoms with Crippen LogP contribution >= 0.6 is 15.9 Å². The molecule has 3 rings (SSSR count). The molecule has 0 aliphatic heterocycles. The summed E-state index contributed by atoms with van der Waals surface area (Å²) >= 11 is 3.41. The molecule has 1 saturated carbocycles. The molecule has 2 heterocycles. The first kappa shape index (κ1) is 9.09. The quantitative estimate of drug-likeness (QED) is 0.834. The maximum Gasteiger partial charge on any atom is 0.0995 e. The van der Waals surface area contributed by atoms with Crippen LogP contribution < -0.4 is 0 Å². The van der Waals surface area contributed by atoms with Crippen LogP contribution in [0.3, 0.4) is 0 Å². The summed E-state index contributed by atoms with van der Waals surface area (Å²) in [6.45, 7) is 0. The zero-order valence-electron chi connectivity index (χ0n) is 8.10. The Hall–Kier alpha value is -1.16. The van der Waals surface area contributed by atoms with Crippen molar-refractivity contribution in [3.63, 3.8) is 0 Å². The van der Waals surface area contributed by atoms with E-state index >= 15 is 0 Å². The van der Waals surface area contributed by atoms with E-state index in [9.17, 15) is 0 Å². The summed E-state index contributed by atoms with van der Waals surface area (Å²) < 4.78 is 3.01. The van der Waals surface area contributed by atoms with E-state index in [2.05, 4.69) is 32.1 Å². The molecule has 4 heteroatoms. The van der Waals surface area contributed by atoms with E-state index in [0.29, 0.717) is 5.92 Å². The topological polar surface area (TPSA) is 30.7 Å². The van der Waals surface area contributed by atoms with E-state index in [4.69, 9.17) is 0 Å². The van der Waals surface area contributed by atoms with E-state index in [1.165, 1.54) is 18.5 Å². The molecule has 0 saturated heterocycles. The van der Waals surface area contributed by atoms with Crippen molar-refractivity contribution in [2.45, 2.75) is 18.8 Å². The average molecular weight is 264 g/mol. The number of pyridine rings is 1. The highest BCUT2D eigenvalue weighted by Crippen LogP contribution is 2.39. The fraction of sp³-hybridized carbons (Fsp3) is 0.273. The van der Waals surface area contributed by atoms with Crippen molar-refractivity contribution < 1.29 is 0 Å². The SMILES string of the molecule is Brc1cncc(-n2cnc(C3CC3)c2)c1. The largest absolute Gasteiger partial charge is 0.304 e. The summed E-state index contributed by atoms with van der Waals surface area (Å²) in [5.74, 6) is 0.700. The molecule has 2 aromatic heterocycles. The molecular formula is C11H10BrN3. The second kappa shape index (κ2) is 3.45. The molecular weight excluding hydrogens is 254 g/mol. The predicted molar refractivity (Wildman–Crippen MR) is 61.0 cm³/mol. The van der Waals surface area contributed by atoms with Gasteiger partial charge in [-0.1, -0.05) is 0 Å². The lowest BCUT2D eigenvalue weighted by Gasteiger charge is -2.00. The fourth-order valence-electron chi connectivity index (χ4n) is 1.61. The zero-order chi connectivity index (χ0) is 10.3. The molecule has 0 aromatic carbocycles. The third kappa shape index (κ3) is 1.81. The molecule has 2 aromatic rings. The number of hydrogen-bond donors (Lipinski definition) is 0. The van der Waals surface area contributed by atoms with E-state index in [1.807, 2.05) is 23.2 Å². The Morgan fingerprint density at radius 2 is 2.20 bits per heavy atom. The Kier molecular flexibility index (Phi) is 2.09. The summed E-state index contributed by atoms with van der Waals surface area (Å²) in [5, 5.41) is 0. The molecule has 1 aliphatic carbocycles. The highest BCUT2D eigenvalue weighted by Gasteiger charge is 2.25. The Bertz CT molecular complexity index is 488. The lowest BCUT2D eigenvalue weighted by Crippen LogP contribution is -1.90. The molecule has 1 fully saturated rings. The number of nitrogens with zero attached hydrogens (tertiary/aromatic N) is 3. The highest BCUT2D eigenvalue weighted by atomic mass is 79.9. The van der Waals surface area contributed by atoms with Crippen LogP contribution in [0.5, 0.6) is 0 Å². The first-order chi connectivity index (χ1) is 7.33. The van der Waals surface area contributed by atoms with Gasteiger partial charge in [0, 0.05) is 22.8 Å². The second-order valence-electron chi connectivity index (χ2n) is 3.84. The summed E-state index contributed by atoms with van der Waals surface area (Å²) in [4.78, 5) is 8.54. The molecule has 0 spiro atoms. The van der Waals surface area contributed by atoms with Crippen LogP contribution in [-0.2, 0) is 0 Å². The van der Waals surface area contributed by atoms with Crippen LogP contribution in [-0.4, -0.2) is 14.5 Å². The Morgan fingerprint density at radius 3 is 2.93 bits per heavy atom. The van der Waals surface area contributed by atoms with E-state index < -0.39 is 0 Å². The maximum absolute atomic E-state index is 4.40. The molecule has 15 heavy (non-hydrogen) atoms. The number of imidazole rings is 1. The Morgan fingerprint density at radius 1 is 1.33 bits per heavy atom. The maximum atomic E-state index is 4.40. The first-order valence-corrected chi connectivity index (χ1v) is 5.77. The lowest BCUT2D eigenvalue weighted by atomic mass is 10.3. The van der Waals surface area contributed by atoms with Crippen LogP contribution in [0.25, 0.3) is 5.69 Å². The molecule has 1 aliphatic rings. The number of aromatic nitrogens is 3. The van der Waals surface area contributed by atoms with Crippen LogP contribution in [0.15, 0.2) is 35.5 Å². The van der Waals surface area contributed by atoms with Gasteiger partial charge in [0.15, 0.2) is 0 Å². The Labute approximate surface area is 96.3 Å². The van der Waals surface area contributed by atoms with Crippen molar-refractivity contribution in [1.82, 2.24) is 14.5 Å². The van der Waals surface area contributed by atoms with Crippen LogP contribution in [0.1, 0.15) is 24.5 Å². The third-order valence-corrected chi connectivity index (χ3v) is 3.02. The van der Waals surface area contributed by atoms with Crippen molar-refractivity contribution in [3.8, 4) is 5.69 Å². The van der Waals surface area contributed by atoms with Gasteiger partial charge < -0.3 is 4.57 Å². The van der Waals surface area contributed by atoms with Crippen molar-refractivity contribution >= 4 is 15.9 Å². The number of halogens is 1. The van der Waals surface area contributed by atoms with E-state index in [1.54, 1.807) is 6.20 Å². The first-order valence-electron chi connectivity index (χ1n) is 4.98. The highest BCUT2D eigenvalue weighted by molar-refractivity contribution is 9.10. The van der Waals surface area contributed by atoms with Crippen LogP contribution in [0.4, 0.5) is 0 Å². The number of rotatable bonds is 2. The van der Waals surface area contributed by atoms with Crippen LogP contribution in [0, 0.1) is 0 Å². The summed E-state index contributed by atoms with van der Waals surface area (Å²) in [5.41, 5.74) is 2.25. The number of hydrogen-bond acceptors (Lipinski definition) is 2. The van der Waals surface area contributed by atoms with Gasteiger partial charge in [0.2, 0.25) is 0 Å². The summed E-state index contributed by atoms with van der Waals surface area (Å²) in [6, 6.07) is 2.03. The molecule has 76 valence electrons. The van der Waals surface area contributed by atoms with Gasteiger partial charge in [-0.15, -0.1) is 0 Å². The van der Waals surface area contributed by atoms with Gasteiger partial charge in [-0.3, -0.25) is 4.98 Å². The zero-order valence-corrected chi connectivity index (χ0v) is 9.68. The fourth-order valence-corrected chi connectivity index (χ4v) is 1.96. The van der Waals surface area contributed by atoms with Gasteiger partial charge in [0.05, 0.1) is 23.9 Å². The van der Waals surface area contributed by atoms with Crippen molar-refractivity contribution in [3.05, 3.63) is 41.2 Å². The minimum absolute atomic E-state index is 0.700. The smallest absolute Gasteiger partial charge is 0.0995 e. The van der Waals surface area contributed by atoms with E-state index in [0.717, 1.165) is 10.2 Å². The van der Waals surface area contributed by atoms with Crippen molar-refractivity contribution in [1.29, 1.82) is 0 Å². The minimum atomic E-state index is 0.700. The molecule has 0 amide bonds. The van der Waals surface area contributed by atoms with Gasteiger partial charge in [-0.05, 0) is 34.8 Å². The molecule has 0 unspecified atom stereocenters. The van der Waals surface area contributed by atoms with Gasteiger partial charge in [0.1, 0.15) is 0 Å². The second-order valence-corrected chi connectivity index (χ2v) is 4.76. The average Bonchev–Trinajstić information content (AvgIpc) is 2.97. The van der Waals surface area contributed by atoms with Gasteiger partial charge in [-0.25, -0.2) is 4.98 Å². The predicted octanol–water partition coefficient (Wildman–Crippen LogP) is 2.91. The summed E-state index contributed by atoms with van der Waals surface area (Å²) in [7, 11) is 0. The molecule has 0 radical (unpaired) electrons. The van der Waals surface area contributed by atoms with Gasteiger partial charge in [-0.2, -0.15) is 0 Å². The van der Waals surface area contributed by atoms with E-state index in [-0.39, 0.29) is 0 Å². The molecule has 0 atom stereocenters. The Balaban J connectivity index is 1.97. The minimum Gasteiger partial charge on any atom is -0.304 e. The molecule has 3 nitrogen and oxygen atoms in total. The standard InChI is InChI=1S/C11H10BrN3/c12-9-3-10(5-13-4-9)15-6-11(14-7-15)8-1-2-8/h3-8H,1-2H2. The third-order valence-electron chi connectivity index (χ3n) is 2.59. The van der Waals surface area contributed by atoms with Crippen molar-refractivity contribution in [2.24, 2.45) is 0 Å². The van der Waals surface area contributed by atoms with Gasteiger partial charge >= 0.3 is 0 Å². The molecule has 0 bridgehead atoms. The van der Waals surface area contributed by atoms with Crippen molar-refractivity contribution in [2.75, 3.05) is 0 Å².